The minimum atomic E-state index is -3.61. The lowest BCUT2D eigenvalue weighted by Crippen LogP contribution is -2.28. The van der Waals surface area contributed by atoms with E-state index < -0.39 is 10.0 Å². The summed E-state index contributed by atoms with van der Waals surface area (Å²) in [5.74, 6) is 0. The highest BCUT2D eigenvalue weighted by molar-refractivity contribution is 7.89. The van der Waals surface area contributed by atoms with Gasteiger partial charge in [0.05, 0.1) is 17.6 Å². The fraction of sp³-hybridized carbons (Fsp3) is 0.222. The van der Waals surface area contributed by atoms with Crippen molar-refractivity contribution in [2.24, 2.45) is 0 Å². The van der Waals surface area contributed by atoms with Crippen molar-refractivity contribution in [3.8, 4) is 0 Å². The van der Waals surface area contributed by atoms with E-state index in [2.05, 4.69) is 20.0 Å². The number of aromatic amines is 1. The van der Waals surface area contributed by atoms with Crippen LogP contribution < -0.4 is 10.3 Å². The second-order valence-corrected chi connectivity index (χ2v) is 5.22. The monoisotopic (exact) mass is 269 g/mol. The number of H-pyrrole nitrogens is 1. The van der Waals surface area contributed by atoms with Crippen LogP contribution in [0.3, 0.4) is 0 Å². The molecule has 0 saturated heterocycles. The SMILES string of the molecule is O=c1ccc(S(=O)(=O)NCCn2ccnn2)c[nH]1. The van der Waals surface area contributed by atoms with Gasteiger partial charge in [-0.1, -0.05) is 5.21 Å². The van der Waals surface area contributed by atoms with Crippen LogP contribution in [0, 0.1) is 0 Å². The molecule has 2 heterocycles. The highest BCUT2D eigenvalue weighted by Crippen LogP contribution is 2.03. The van der Waals surface area contributed by atoms with E-state index in [1.165, 1.54) is 16.9 Å². The number of nitrogens with one attached hydrogen (secondary N) is 2. The molecule has 0 radical (unpaired) electrons. The summed E-state index contributed by atoms with van der Waals surface area (Å²) in [5.41, 5.74) is -0.350. The number of nitrogens with zero attached hydrogens (tertiary/aromatic N) is 3. The second-order valence-electron chi connectivity index (χ2n) is 3.45. The molecule has 0 spiro atoms. The smallest absolute Gasteiger partial charge is 0.247 e. The van der Waals surface area contributed by atoms with Gasteiger partial charge in [-0.3, -0.25) is 9.48 Å². The van der Waals surface area contributed by atoms with Gasteiger partial charge in [-0.15, -0.1) is 5.10 Å². The standard InChI is InChI=1S/C9H11N5O3S/c15-9-2-1-8(7-10-9)18(16,17)12-4-6-14-5-3-11-13-14/h1-3,5,7,12H,4,6H2,(H,10,15). The van der Waals surface area contributed by atoms with Crippen LogP contribution in [-0.2, 0) is 16.6 Å². The van der Waals surface area contributed by atoms with Crippen LogP contribution >= 0.6 is 0 Å². The minimum Gasteiger partial charge on any atom is -0.328 e. The maximum atomic E-state index is 11.8. The summed E-state index contributed by atoms with van der Waals surface area (Å²) in [4.78, 5) is 13.2. The molecule has 0 aromatic carbocycles. The third kappa shape index (κ3) is 3.02. The van der Waals surface area contributed by atoms with Crippen molar-refractivity contribution < 1.29 is 8.42 Å². The van der Waals surface area contributed by atoms with Crippen LogP contribution in [0.4, 0.5) is 0 Å². The molecule has 0 aliphatic heterocycles. The van der Waals surface area contributed by atoms with Crippen LogP contribution in [0.15, 0.2) is 40.4 Å². The Hall–Kier alpha value is -2.00. The maximum Gasteiger partial charge on any atom is 0.247 e. The minimum absolute atomic E-state index is 0.0145. The fourth-order valence-electron chi connectivity index (χ4n) is 1.29. The number of rotatable bonds is 5. The van der Waals surface area contributed by atoms with E-state index >= 15 is 0 Å². The number of pyridine rings is 1. The van der Waals surface area contributed by atoms with Gasteiger partial charge in [-0.2, -0.15) is 0 Å². The first-order chi connectivity index (χ1) is 8.58. The van der Waals surface area contributed by atoms with Gasteiger partial charge in [0.1, 0.15) is 0 Å². The van der Waals surface area contributed by atoms with Gasteiger partial charge >= 0.3 is 0 Å². The molecule has 2 aromatic heterocycles. The zero-order chi connectivity index (χ0) is 13.0. The van der Waals surface area contributed by atoms with Gasteiger partial charge in [-0.05, 0) is 6.07 Å². The Morgan fingerprint density at radius 2 is 2.22 bits per heavy atom. The van der Waals surface area contributed by atoms with Crippen molar-refractivity contribution >= 4 is 10.0 Å². The lowest BCUT2D eigenvalue weighted by Gasteiger charge is -2.05. The summed E-state index contributed by atoms with van der Waals surface area (Å²) >= 11 is 0. The normalized spacial score (nSPS) is 11.6. The Morgan fingerprint density at radius 3 is 2.83 bits per heavy atom. The summed E-state index contributed by atoms with van der Waals surface area (Å²) in [7, 11) is -3.61. The van der Waals surface area contributed by atoms with Crippen LogP contribution in [0.5, 0.6) is 0 Å². The van der Waals surface area contributed by atoms with E-state index in [-0.39, 0.29) is 17.0 Å². The molecule has 0 amide bonds. The van der Waals surface area contributed by atoms with Gasteiger partial charge in [0.25, 0.3) is 0 Å². The quantitative estimate of drug-likeness (QED) is 0.719. The fourth-order valence-corrected chi connectivity index (χ4v) is 2.28. The largest absolute Gasteiger partial charge is 0.328 e. The van der Waals surface area contributed by atoms with Crippen LogP contribution in [0.1, 0.15) is 0 Å². The van der Waals surface area contributed by atoms with E-state index in [0.29, 0.717) is 6.54 Å². The molecule has 18 heavy (non-hydrogen) atoms. The molecule has 96 valence electrons. The average molecular weight is 269 g/mol. The highest BCUT2D eigenvalue weighted by Gasteiger charge is 2.13. The van der Waals surface area contributed by atoms with Gasteiger partial charge < -0.3 is 4.98 Å². The van der Waals surface area contributed by atoms with Crippen LogP contribution in [0.25, 0.3) is 0 Å². The Bertz CT molecular complexity index is 641. The first-order valence-corrected chi connectivity index (χ1v) is 6.59. The van der Waals surface area contributed by atoms with Crippen molar-refractivity contribution in [1.82, 2.24) is 24.7 Å². The summed E-state index contributed by atoms with van der Waals surface area (Å²) in [5, 5.41) is 7.31. The predicted molar refractivity (Wildman–Crippen MR) is 62.3 cm³/mol. The van der Waals surface area contributed by atoms with Gasteiger partial charge in [0.2, 0.25) is 15.6 Å². The van der Waals surface area contributed by atoms with Crippen molar-refractivity contribution in [3.05, 3.63) is 41.1 Å². The third-order valence-electron chi connectivity index (χ3n) is 2.17. The lowest BCUT2D eigenvalue weighted by molar-refractivity contribution is 0.552. The Labute approximate surface area is 103 Å². The zero-order valence-electron chi connectivity index (χ0n) is 9.28. The van der Waals surface area contributed by atoms with Crippen molar-refractivity contribution in [2.75, 3.05) is 6.54 Å². The van der Waals surface area contributed by atoms with Crippen LogP contribution in [0.2, 0.25) is 0 Å². The molecule has 2 rings (SSSR count). The van der Waals surface area contributed by atoms with Crippen molar-refractivity contribution in [3.63, 3.8) is 0 Å². The van der Waals surface area contributed by atoms with E-state index in [1.807, 2.05) is 0 Å². The molecular weight excluding hydrogens is 258 g/mol. The molecule has 0 saturated carbocycles. The molecule has 0 aliphatic carbocycles. The number of aromatic nitrogens is 4. The third-order valence-corrected chi connectivity index (χ3v) is 3.63. The first kappa shape index (κ1) is 12.5. The summed E-state index contributed by atoms with van der Waals surface area (Å²) in [6.07, 6.45) is 4.30. The van der Waals surface area contributed by atoms with E-state index in [1.54, 1.807) is 6.20 Å². The number of hydrogen-bond donors (Lipinski definition) is 2. The summed E-state index contributed by atoms with van der Waals surface area (Å²) in [6, 6.07) is 2.41. The average Bonchev–Trinajstić information content (AvgIpc) is 2.82. The van der Waals surface area contributed by atoms with E-state index in [0.717, 1.165) is 12.3 Å². The molecule has 0 unspecified atom stereocenters. The molecule has 8 nitrogen and oxygen atoms in total. The van der Waals surface area contributed by atoms with Gasteiger partial charge in [0, 0.05) is 25.0 Å². The Morgan fingerprint density at radius 1 is 1.39 bits per heavy atom. The van der Waals surface area contributed by atoms with E-state index in [9.17, 15) is 13.2 Å². The molecule has 2 aromatic rings. The maximum absolute atomic E-state index is 11.8. The molecule has 0 atom stereocenters. The summed E-state index contributed by atoms with van der Waals surface area (Å²) < 4.78 is 27.5. The predicted octanol–water partition coefficient (Wildman–Crippen LogP) is -1.06. The number of hydrogen-bond acceptors (Lipinski definition) is 5. The molecule has 0 fully saturated rings. The zero-order valence-corrected chi connectivity index (χ0v) is 10.1. The molecule has 9 heteroatoms. The van der Waals surface area contributed by atoms with E-state index in [4.69, 9.17) is 0 Å². The molecular formula is C9H11N5O3S. The van der Waals surface area contributed by atoms with Gasteiger partial charge in [-0.25, -0.2) is 13.1 Å². The first-order valence-electron chi connectivity index (χ1n) is 5.10. The second kappa shape index (κ2) is 5.10. The number of sulfonamides is 1. The molecule has 0 aliphatic rings. The molecule has 0 bridgehead atoms. The molecule has 2 N–H and O–H groups in total. The Kier molecular flexibility index (Phi) is 3.53. The Balaban J connectivity index is 1.99. The van der Waals surface area contributed by atoms with Crippen LogP contribution in [-0.4, -0.2) is 34.9 Å². The summed E-state index contributed by atoms with van der Waals surface area (Å²) in [6.45, 7) is 0.563. The van der Waals surface area contributed by atoms with Gasteiger partial charge in [0.15, 0.2) is 0 Å². The van der Waals surface area contributed by atoms with Crippen molar-refractivity contribution in [1.29, 1.82) is 0 Å². The van der Waals surface area contributed by atoms with Crippen molar-refractivity contribution in [2.45, 2.75) is 11.4 Å². The lowest BCUT2D eigenvalue weighted by atomic mass is 10.5. The highest BCUT2D eigenvalue weighted by atomic mass is 32.2. The topological polar surface area (TPSA) is 110 Å².